The van der Waals surface area contributed by atoms with E-state index in [-0.39, 0.29) is 18.7 Å². The fourth-order valence-corrected chi connectivity index (χ4v) is 3.42. The third kappa shape index (κ3) is 4.42. The van der Waals surface area contributed by atoms with Gasteiger partial charge in [0.15, 0.2) is 0 Å². The van der Waals surface area contributed by atoms with Crippen LogP contribution in [0, 0.1) is 13.8 Å². The van der Waals surface area contributed by atoms with Crippen molar-refractivity contribution in [2.75, 3.05) is 0 Å². The molecule has 0 aliphatic rings. The van der Waals surface area contributed by atoms with Crippen molar-refractivity contribution in [2.45, 2.75) is 27.0 Å². The summed E-state index contributed by atoms with van der Waals surface area (Å²) in [5.74, 6) is -0.149. The molecule has 31 heavy (non-hydrogen) atoms. The number of nitrogens with zero attached hydrogens (tertiary/aromatic N) is 2. The second kappa shape index (κ2) is 8.35. The van der Waals surface area contributed by atoms with Crippen LogP contribution in [-0.4, -0.2) is 14.3 Å². The summed E-state index contributed by atoms with van der Waals surface area (Å²) in [5.41, 5.74) is 3.86. The number of pyridine rings is 1. The predicted molar refractivity (Wildman–Crippen MR) is 115 cm³/mol. The second-order valence-corrected chi connectivity index (χ2v) is 7.26. The van der Waals surface area contributed by atoms with Crippen molar-refractivity contribution in [1.82, 2.24) is 14.3 Å². The maximum atomic E-state index is 12.4. The Labute approximate surface area is 176 Å². The number of benzene rings is 2. The molecule has 1 N–H and O–H groups in total. The molecule has 0 aliphatic carbocycles. The molecule has 2 aromatic carbocycles. The number of aryl methyl sites for hydroxylation is 2. The molecule has 8 nitrogen and oxygen atoms in total. The molecule has 0 aliphatic heterocycles. The van der Waals surface area contributed by atoms with Gasteiger partial charge in [-0.15, -0.1) is 4.74 Å². The molecule has 2 heterocycles. The molecule has 4 rings (SSSR count). The number of rotatable bonds is 6. The quantitative estimate of drug-likeness (QED) is 0.518. The van der Waals surface area contributed by atoms with Crippen molar-refractivity contribution in [3.63, 3.8) is 0 Å². The van der Waals surface area contributed by atoms with Crippen LogP contribution in [0.3, 0.4) is 0 Å². The number of aromatic amines is 1. The summed E-state index contributed by atoms with van der Waals surface area (Å²) < 4.78 is 13.2. The van der Waals surface area contributed by atoms with Gasteiger partial charge in [-0.3, -0.25) is 9.36 Å². The molecule has 0 atom stereocenters. The molecule has 2 aromatic heterocycles. The Bertz CT molecular complexity index is 1370. The average molecular weight is 419 g/mol. The fraction of sp³-hybridized carbons (Fsp3) is 0.174. The van der Waals surface area contributed by atoms with Gasteiger partial charge in [-0.25, -0.2) is 14.6 Å². The van der Waals surface area contributed by atoms with Gasteiger partial charge in [0.1, 0.15) is 12.4 Å². The van der Waals surface area contributed by atoms with E-state index in [2.05, 4.69) is 0 Å². The maximum absolute atomic E-state index is 12.4. The molecule has 0 unspecified atom stereocenters. The molecule has 0 amide bonds. The Hall–Kier alpha value is -4.07. The highest BCUT2D eigenvalue weighted by Gasteiger charge is 2.08. The summed E-state index contributed by atoms with van der Waals surface area (Å²) in [6.45, 7) is 4.38. The molecule has 0 fully saturated rings. The van der Waals surface area contributed by atoms with Gasteiger partial charge >= 0.3 is 11.4 Å². The molecule has 4 aromatic rings. The summed E-state index contributed by atoms with van der Waals surface area (Å²) in [6, 6.07) is 16.3. The highest BCUT2D eigenvalue weighted by atomic mass is 16.5. The summed E-state index contributed by atoms with van der Waals surface area (Å²) in [4.78, 5) is 37.1. The normalized spacial score (nSPS) is 10.9. The molecular weight excluding hydrogens is 398 g/mol. The van der Waals surface area contributed by atoms with Gasteiger partial charge in [0, 0.05) is 17.8 Å². The van der Waals surface area contributed by atoms with Gasteiger partial charge in [0.25, 0.3) is 5.56 Å². The first-order chi connectivity index (χ1) is 14.9. The van der Waals surface area contributed by atoms with Crippen LogP contribution in [0.1, 0.15) is 22.3 Å². The smallest absolute Gasteiger partial charge is 0.440 e. The number of nitrogens with one attached hydrogen (secondary N) is 1. The highest BCUT2D eigenvalue weighted by molar-refractivity contribution is 5.47. The largest absolute Gasteiger partial charge is 0.489 e. The molecule has 8 heteroatoms. The summed E-state index contributed by atoms with van der Waals surface area (Å²) in [5, 5.41) is 0. The molecule has 0 saturated carbocycles. The molecule has 0 spiro atoms. The highest BCUT2D eigenvalue weighted by Crippen LogP contribution is 2.18. The van der Waals surface area contributed by atoms with Crippen molar-refractivity contribution < 1.29 is 9.26 Å². The van der Waals surface area contributed by atoms with Crippen LogP contribution in [-0.2, 0) is 13.2 Å². The first-order valence-electron chi connectivity index (χ1n) is 9.71. The Kier molecular flexibility index (Phi) is 5.44. The van der Waals surface area contributed by atoms with Crippen molar-refractivity contribution in [1.29, 1.82) is 0 Å². The first kappa shape index (κ1) is 20.2. The Balaban J connectivity index is 1.48. The molecular formula is C23H21N3O5. The van der Waals surface area contributed by atoms with Crippen molar-refractivity contribution in [3.8, 4) is 11.4 Å². The van der Waals surface area contributed by atoms with Crippen LogP contribution < -0.4 is 21.7 Å². The number of H-pyrrole nitrogens is 1. The number of para-hydroxylation sites is 1. The van der Waals surface area contributed by atoms with Crippen LogP contribution >= 0.6 is 0 Å². The minimum Gasteiger partial charge on any atom is -0.489 e. The van der Waals surface area contributed by atoms with E-state index in [9.17, 15) is 14.4 Å². The van der Waals surface area contributed by atoms with Gasteiger partial charge in [-0.1, -0.05) is 30.3 Å². The van der Waals surface area contributed by atoms with Crippen LogP contribution in [0.15, 0.2) is 79.7 Å². The fourth-order valence-electron chi connectivity index (χ4n) is 3.42. The Morgan fingerprint density at radius 3 is 2.23 bits per heavy atom. The topological polar surface area (TPSA) is 99.2 Å². The van der Waals surface area contributed by atoms with E-state index >= 15 is 0 Å². The molecule has 158 valence electrons. The molecule has 0 bridgehead atoms. The lowest BCUT2D eigenvalue weighted by Crippen LogP contribution is -2.19. The summed E-state index contributed by atoms with van der Waals surface area (Å²) in [7, 11) is 0. The minimum absolute atomic E-state index is 0.0999. The van der Waals surface area contributed by atoms with Gasteiger partial charge in [-0.05, 0) is 48.7 Å². The lowest BCUT2D eigenvalue weighted by Gasteiger charge is -2.14. The SMILES string of the molecule is Cc1cccc(C)c1-n1cc(COc2ccc(Cn3oc(=O)[nH]c3=O)cc2)ccc1=O. The molecule has 0 radical (unpaired) electrons. The zero-order valence-electron chi connectivity index (χ0n) is 17.1. The van der Waals surface area contributed by atoms with Gasteiger partial charge in [0.2, 0.25) is 0 Å². The van der Waals surface area contributed by atoms with Crippen LogP contribution in [0.25, 0.3) is 5.69 Å². The summed E-state index contributed by atoms with van der Waals surface area (Å²) in [6.07, 6.45) is 1.80. The van der Waals surface area contributed by atoms with Crippen LogP contribution in [0.2, 0.25) is 0 Å². The summed E-state index contributed by atoms with van der Waals surface area (Å²) >= 11 is 0. The van der Waals surface area contributed by atoms with E-state index in [1.807, 2.05) is 37.0 Å². The van der Waals surface area contributed by atoms with Crippen LogP contribution in [0.4, 0.5) is 0 Å². The van der Waals surface area contributed by atoms with E-state index in [1.54, 1.807) is 41.1 Å². The third-order valence-corrected chi connectivity index (χ3v) is 4.94. The van der Waals surface area contributed by atoms with Gasteiger partial charge in [0.05, 0.1) is 12.2 Å². The van der Waals surface area contributed by atoms with Crippen molar-refractivity contribution in [2.24, 2.45) is 0 Å². The lowest BCUT2D eigenvalue weighted by molar-refractivity contribution is 0.258. The van der Waals surface area contributed by atoms with E-state index in [0.29, 0.717) is 5.75 Å². The first-order valence-corrected chi connectivity index (χ1v) is 9.71. The zero-order chi connectivity index (χ0) is 22.0. The standard InChI is InChI=1S/C23H21N3O5/c1-15-4-3-5-16(2)21(15)25-12-18(8-11-20(25)27)14-30-19-9-6-17(7-10-19)13-26-22(28)24-23(29)31-26/h3-12H,13-14H2,1-2H3,(H,24,28,29). The van der Waals surface area contributed by atoms with Crippen LogP contribution in [0.5, 0.6) is 5.75 Å². The van der Waals surface area contributed by atoms with Gasteiger partial charge < -0.3 is 9.26 Å². The maximum Gasteiger partial charge on any atom is 0.440 e. The van der Waals surface area contributed by atoms with Crippen molar-refractivity contribution >= 4 is 0 Å². The number of aromatic nitrogens is 3. The Morgan fingerprint density at radius 2 is 1.58 bits per heavy atom. The monoisotopic (exact) mass is 419 g/mol. The van der Waals surface area contributed by atoms with E-state index in [0.717, 1.165) is 32.7 Å². The predicted octanol–water partition coefficient (Wildman–Crippen LogP) is 2.52. The van der Waals surface area contributed by atoms with Gasteiger partial charge in [-0.2, -0.15) is 0 Å². The third-order valence-electron chi connectivity index (χ3n) is 4.94. The lowest BCUT2D eigenvalue weighted by atomic mass is 10.1. The average Bonchev–Trinajstić information content (AvgIpc) is 3.06. The second-order valence-electron chi connectivity index (χ2n) is 7.26. The zero-order valence-corrected chi connectivity index (χ0v) is 17.1. The molecule has 0 saturated heterocycles. The number of hydrogen-bond acceptors (Lipinski definition) is 5. The van der Waals surface area contributed by atoms with E-state index in [4.69, 9.17) is 9.26 Å². The van der Waals surface area contributed by atoms with E-state index < -0.39 is 11.4 Å². The minimum atomic E-state index is -0.785. The number of hydrogen-bond donors (Lipinski definition) is 1. The van der Waals surface area contributed by atoms with Crippen molar-refractivity contribution in [3.05, 3.63) is 114 Å². The Morgan fingerprint density at radius 1 is 0.903 bits per heavy atom. The van der Waals surface area contributed by atoms with E-state index in [1.165, 1.54) is 6.07 Å². The number of ether oxygens (including phenoxy) is 1.